The van der Waals surface area contributed by atoms with E-state index >= 15 is 0 Å². The van der Waals surface area contributed by atoms with Crippen LogP contribution in [0.5, 0.6) is 0 Å². The first-order valence-corrected chi connectivity index (χ1v) is 12.8. The summed E-state index contributed by atoms with van der Waals surface area (Å²) in [5.41, 5.74) is 7.95. The van der Waals surface area contributed by atoms with Crippen LogP contribution in [0, 0.1) is 19.8 Å². The Morgan fingerprint density at radius 3 is 1.94 bits per heavy atom. The van der Waals surface area contributed by atoms with Gasteiger partial charge in [-0.1, -0.05) is 65.7 Å². The van der Waals surface area contributed by atoms with E-state index in [0.29, 0.717) is 6.61 Å². The molecule has 6 rings (SSSR count). The van der Waals surface area contributed by atoms with Crippen LogP contribution in [0.2, 0.25) is 0 Å². The highest BCUT2D eigenvalue weighted by atomic mass is 16.6. The minimum Gasteiger partial charge on any atom is -0.448 e. The van der Waals surface area contributed by atoms with E-state index in [4.69, 9.17) is 4.74 Å². The lowest BCUT2D eigenvalue weighted by molar-refractivity contribution is 0.0506. The SMILES string of the molecule is Cc1cc(C)cc(C(=O)C2CC3CCC(C2)N3C(=O)OCC2c3ccccc3-c3ccccc32)c1. The van der Waals surface area contributed by atoms with Crippen LogP contribution in [0.1, 0.15) is 64.2 Å². The molecule has 0 spiro atoms. The standard InChI is InChI=1S/C31H31NO3/c1-19-13-20(2)15-21(14-19)30(33)22-16-23-11-12-24(17-22)32(23)31(34)35-18-29-27-9-5-3-7-25(27)26-8-4-6-10-28(26)29/h3-10,13-15,22-24,29H,11-12,16-18H2,1-2H3. The summed E-state index contributed by atoms with van der Waals surface area (Å²) in [6, 6.07) is 23.1. The zero-order chi connectivity index (χ0) is 24.1. The Balaban J connectivity index is 1.15. The molecule has 2 saturated heterocycles. The molecule has 0 aromatic heterocycles. The molecule has 2 unspecified atom stereocenters. The monoisotopic (exact) mass is 465 g/mol. The average molecular weight is 466 g/mol. The number of ether oxygens (including phenoxy) is 1. The summed E-state index contributed by atoms with van der Waals surface area (Å²) in [4.78, 5) is 28.5. The number of piperidine rings is 1. The van der Waals surface area contributed by atoms with Crippen LogP contribution in [-0.4, -0.2) is 35.5 Å². The van der Waals surface area contributed by atoms with Gasteiger partial charge < -0.3 is 9.64 Å². The van der Waals surface area contributed by atoms with E-state index in [2.05, 4.69) is 54.6 Å². The number of carbonyl (C=O) groups is 2. The highest BCUT2D eigenvalue weighted by Crippen LogP contribution is 2.45. The normalized spacial score (nSPS) is 22.6. The predicted octanol–water partition coefficient (Wildman–Crippen LogP) is 6.68. The third kappa shape index (κ3) is 3.85. The highest BCUT2D eigenvalue weighted by Gasteiger charge is 2.46. The number of fused-ring (bicyclic) bond motifs is 5. The molecule has 2 atom stereocenters. The van der Waals surface area contributed by atoms with Gasteiger partial charge in [0.05, 0.1) is 0 Å². The number of hydrogen-bond donors (Lipinski definition) is 0. The van der Waals surface area contributed by atoms with Crippen molar-refractivity contribution in [3.63, 3.8) is 0 Å². The molecule has 178 valence electrons. The van der Waals surface area contributed by atoms with Gasteiger partial charge in [0.25, 0.3) is 0 Å². The quantitative estimate of drug-likeness (QED) is 0.404. The van der Waals surface area contributed by atoms with E-state index < -0.39 is 0 Å². The third-order valence-corrected chi connectivity index (χ3v) is 8.16. The van der Waals surface area contributed by atoms with Crippen molar-refractivity contribution in [2.24, 2.45) is 5.92 Å². The van der Waals surface area contributed by atoms with Crippen molar-refractivity contribution in [1.29, 1.82) is 0 Å². The molecule has 35 heavy (non-hydrogen) atoms. The molecule has 2 heterocycles. The number of nitrogens with zero attached hydrogens (tertiary/aromatic N) is 1. The minimum atomic E-state index is -0.225. The van der Waals surface area contributed by atoms with Gasteiger partial charge in [-0.05, 0) is 73.9 Å². The number of rotatable bonds is 4. The first kappa shape index (κ1) is 22.1. The Hall–Kier alpha value is -3.40. The van der Waals surface area contributed by atoms with Gasteiger partial charge >= 0.3 is 6.09 Å². The molecule has 0 radical (unpaired) electrons. The number of hydrogen-bond acceptors (Lipinski definition) is 3. The summed E-state index contributed by atoms with van der Waals surface area (Å²) in [6.07, 6.45) is 3.13. The second-order valence-electron chi connectivity index (χ2n) is 10.5. The fraction of sp³-hybridized carbons (Fsp3) is 0.355. The number of amides is 1. The Morgan fingerprint density at radius 2 is 1.37 bits per heavy atom. The molecule has 1 aliphatic carbocycles. The summed E-state index contributed by atoms with van der Waals surface area (Å²) >= 11 is 0. The van der Waals surface area contributed by atoms with Crippen LogP contribution >= 0.6 is 0 Å². The van der Waals surface area contributed by atoms with E-state index in [9.17, 15) is 9.59 Å². The summed E-state index contributed by atoms with van der Waals surface area (Å²) in [6.45, 7) is 4.41. The Bertz CT molecular complexity index is 1230. The van der Waals surface area contributed by atoms with Gasteiger partial charge in [-0.25, -0.2) is 4.79 Å². The first-order valence-electron chi connectivity index (χ1n) is 12.8. The number of Topliss-reactive ketones (excluding diaryl/α,β-unsaturated/α-hetero) is 1. The van der Waals surface area contributed by atoms with Crippen molar-refractivity contribution in [3.05, 3.63) is 94.5 Å². The molecule has 3 aliphatic rings. The van der Waals surface area contributed by atoms with Crippen molar-refractivity contribution in [2.45, 2.75) is 57.5 Å². The molecule has 4 heteroatoms. The zero-order valence-electron chi connectivity index (χ0n) is 20.4. The molecule has 3 aromatic carbocycles. The first-order chi connectivity index (χ1) is 17.0. The van der Waals surface area contributed by atoms with E-state index in [1.807, 2.05) is 30.9 Å². The predicted molar refractivity (Wildman–Crippen MR) is 137 cm³/mol. The topological polar surface area (TPSA) is 46.6 Å². The van der Waals surface area contributed by atoms with E-state index in [-0.39, 0.29) is 35.8 Å². The molecular weight excluding hydrogens is 434 g/mol. The summed E-state index contributed by atoms with van der Waals surface area (Å²) in [5, 5.41) is 0. The van der Waals surface area contributed by atoms with Gasteiger partial charge in [0, 0.05) is 29.5 Å². The van der Waals surface area contributed by atoms with Gasteiger partial charge in [-0.15, -0.1) is 0 Å². The minimum absolute atomic E-state index is 0.0219. The maximum Gasteiger partial charge on any atom is 0.410 e. The fourth-order valence-corrected chi connectivity index (χ4v) is 6.71. The lowest BCUT2D eigenvalue weighted by Gasteiger charge is -2.37. The maximum atomic E-state index is 13.3. The van der Waals surface area contributed by atoms with Gasteiger partial charge in [-0.2, -0.15) is 0 Å². The maximum absolute atomic E-state index is 13.3. The van der Waals surface area contributed by atoms with Gasteiger partial charge in [-0.3, -0.25) is 4.79 Å². The molecule has 1 amide bonds. The van der Waals surface area contributed by atoms with Crippen LogP contribution < -0.4 is 0 Å². The van der Waals surface area contributed by atoms with E-state index in [1.54, 1.807) is 0 Å². The number of ketones is 1. The number of aryl methyl sites for hydroxylation is 2. The average Bonchev–Trinajstić information content (AvgIpc) is 3.32. The van der Waals surface area contributed by atoms with Crippen molar-refractivity contribution in [1.82, 2.24) is 4.90 Å². The van der Waals surface area contributed by atoms with Crippen molar-refractivity contribution >= 4 is 11.9 Å². The van der Waals surface area contributed by atoms with Crippen LogP contribution in [0.15, 0.2) is 66.7 Å². The zero-order valence-corrected chi connectivity index (χ0v) is 20.4. The number of benzene rings is 3. The molecule has 2 bridgehead atoms. The molecular formula is C31H31NO3. The molecule has 0 N–H and O–H groups in total. The highest BCUT2D eigenvalue weighted by molar-refractivity contribution is 5.98. The van der Waals surface area contributed by atoms with Crippen LogP contribution in [-0.2, 0) is 4.74 Å². The lowest BCUT2D eigenvalue weighted by Crippen LogP contribution is -2.48. The molecule has 3 aromatic rings. The third-order valence-electron chi connectivity index (χ3n) is 8.16. The second kappa shape index (κ2) is 8.67. The second-order valence-corrected chi connectivity index (χ2v) is 10.5. The van der Waals surface area contributed by atoms with Crippen LogP contribution in [0.4, 0.5) is 4.79 Å². The van der Waals surface area contributed by atoms with Crippen molar-refractivity contribution in [2.75, 3.05) is 6.61 Å². The molecule has 4 nitrogen and oxygen atoms in total. The molecule has 2 aliphatic heterocycles. The summed E-state index contributed by atoms with van der Waals surface area (Å²) in [7, 11) is 0. The molecule has 0 saturated carbocycles. The molecule has 2 fully saturated rings. The van der Waals surface area contributed by atoms with E-state index in [0.717, 1.165) is 42.4 Å². The van der Waals surface area contributed by atoms with Gasteiger partial charge in [0.1, 0.15) is 6.61 Å². The van der Waals surface area contributed by atoms with Crippen molar-refractivity contribution in [3.8, 4) is 11.1 Å². The lowest BCUT2D eigenvalue weighted by atomic mass is 9.84. The van der Waals surface area contributed by atoms with Gasteiger partial charge in [0.2, 0.25) is 0 Å². The summed E-state index contributed by atoms with van der Waals surface area (Å²) in [5.74, 6) is 0.264. The largest absolute Gasteiger partial charge is 0.448 e. The number of carbonyl (C=O) groups excluding carboxylic acids is 2. The van der Waals surface area contributed by atoms with Gasteiger partial charge in [0.15, 0.2) is 5.78 Å². The van der Waals surface area contributed by atoms with E-state index in [1.165, 1.54) is 22.3 Å². The summed E-state index contributed by atoms with van der Waals surface area (Å²) < 4.78 is 5.97. The van der Waals surface area contributed by atoms with Crippen LogP contribution in [0.25, 0.3) is 11.1 Å². The Kier molecular flexibility index (Phi) is 5.47. The fourth-order valence-electron chi connectivity index (χ4n) is 6.71. The Labute approximate surface area is 206 Å². The van der Waals surface area contributed by atoms with Crippen LogP contribution in [0.3, 0.4) is 0 Å². The van der Waals surface area contributed by atoms with Crippen molar-refractivity contribution < 1.29 is 14.3 Å². The Morgan fingerprint density at radius 1 is 0.829 bits per heavy atom. The smallest absolute Gasteiger partial charge is 0.410 e.